The van der Waals surface area contributed by atoms with Crippen molar-refractivity contribution < 1.29 is 23.1 Å². The Kier molecular flexibility index (Phi) is 9.76. The Hall–Kier alpha value is -5.20. The van der Waals surface area contributed by atoms with Gasteiger partial charge < -0.3 is 25.8 Å². The summed E-state index contributed by atoms with van der Waals surface area (Å²) in [6.45, 7) is 0.566. The minimum Gasteiger partial charge on any atom is -0.508 e. The van der Waals surface area contributed by atoms with E-state index in [1.54, 1.807) is 36.4 Å². The lowest BCUT2D eigenvalue weighted by atomic mass is 10.2. The van der Waals surface area contributed by atoms with E-state index in [9.17, 15) is 18.3 Å². The van der Waals surface area contributed by atoms with E-state index in [1.165, 1.54) is 37.4 Å². The highest BCUT2D eigenvalue weighted by atomic mass is 32.2. The number of benzene rings is 4. The van der Waals surface area contributed by atoms with Crippen LogP contribution in [-0.4, -0.2) is 43.1 Å². The van der Waals surface area contributed by atoms with Crippen molar-refractivity contribution in [2.75, 3.05) is 29.0 Å². The van der Waals surface area contributed by atoms with Crippen LogP contribution >= 0.6 is 0 Å². The largest absolute Gasteiger partial charge is 0.508 e. The lowest BCUT2D eigenvalue weighted by Gasteiger charge is -2.15. The van der Waals surface area contributed by atoms with E-state index in [1.807, 2.05) is 30.3 Å². The second-order valence-corrected chi connectivity index (χ2v) is 10.9. The van der Waals surface area contributed by atoms with Crippen LogP contribution in [0, 0.1) is 0 Å². The second kappa shape index (κ2) is 13.6. The van der Waals surface area contributed by atoms with Crippen LogP contribution < -0.4 is 25.4 Å². The smallest absolute Gasteiger partial charge is 0.263 e. The molecule has 0 saturated carbocycles. The van der Waals surface area contributed by atoms with Gasteiger partial charge in [-0.15, -0.1) is 0 Å². The zero-order chi connectivity index (χ0) is 29.5. The van der Waals surface area contributed by atoms with Crippen molar-refractivity contribution >= 4 is 50.0 Å². The topological polar surface area (TPSA) is 155 Å². The number of aromatic hydroxyl groups is 1. The fourth-order valence-corrected chi connectivity index (χ4v) is 5.17. The van der Waals surface area contributed by atoms with E-state index >= 15 is 0 Å². The van der Waals surface area contributed by atoms with Crippen LogP contribution in [0.3, 0.4) is 0 Å². The van der Waals surface area contributed by atoms with Crippen LogP contribution in [-0.2, 0) is 21.4 Å². The number of phenols is 1. The molecule has 0 unspecified atom stereocenters. The SMILES string of the molecule is C.COc1cc(O)cc(Nc2nc3ccccc3nc2NS(=O)(=O)c2cccc(NC(=O)CNCc3ccccc3)c2)c1. The van der Waals surface area contributed by atoms with Crippen LogP contribution in [0.1, 0.15) is 13.0 Å². The van der Waals surface area contributed by atoms with Gasteiger partial charge in [-0.1, -0.05) is 56.0 Å². The molecule has 11 nitrogen and oxygen atoms in total. The number of methoxy groups -OCH3 is 1. The van der Waals surface area contributed by atoms with Gasteiger partial charge in [0, 0.05) is 36.1 Å². The van der Waals surface area contributed by atoms with E-state index in [2.05, 4.69) is 30.6 Å². The van der Waals surface area contributed by atoms with Gasteiger partial charge in [0.15, 0.2) is 11.6 Å². The number of nitrogens with zero attached hydrogens (tertiary/aromatic N) is 2. The van der Waals surface area contributed by atoms with E-state index in [0.29, 0.717) is 34.7 Å². The highest BCUT2D eigenvalue weighted by molar-refractivity contribution is 7.92. The minimum atomic E-state index is -4.16. The first-order valence-corrected chi connectivity index (χ1v) is 14.4. The molecule has 12 heteroatoms. The molecule has 43 heavy (non-hydrogen) atoms. The van der Waals surface area contributed by atoms with Crippen LogP contribution in [0.15, 0.2) is 102 Å². The minimum absolute atomic E-state index is 0. The summed E-state index contributed by atoms with van der Waals surface area (Å²) in [5.41, 5.74) is 2.76. The Labute approximate surface area is 250 Å². The molecule has 0 fully saturated rings. The van der Waals surface area contributed by atoms with Gasteiger partial charge in [-0.3, -0.25) is 9.52 Å². The number of phenolic OH excluding ortho intramolecular Hbond substituents is 1. The summed E-state index contributed by atoms with van der Waals surface area (Å²) in [7, 11) is -2.70. The molecule has 5 N–H and O–H groups in total. The molecule has 5 aromatic rings. The lowest BCUT2D eigenvalue weighted by Crippen LogP contribution is -2.27. The number of rotatable bonds is 11. The maximum absolute atomic E-state index is 13.5. The molecule has 1 amide bonds. The Morgan fingerprint density at radius 3 is 2.26 bits per heavy atom. The molecule has 0 aliphatic carbocycles. The van der Waals surface area contributed by atoms with Gasteiger partial charge in [-0.05, 0) is 35.9 Å². The van der Waals surface area contributed by atoms with Crippen molar-refractivity contribution in [3.63, 3.8) is 0 Å². The van der Waals surface area contributed by atoms with Crippen molar-refractivity contribution in [2.45, 2.75) is 18.9 Å². The fraction of sp³-hybridized carbons (Fsp3) is 0.129. The molecule has 1 aromatic heterocycles. The Bertz CT molecular complexity index is 1830. The number of nitrogens with one attached hydrogen (secondary N) is 4. The number of hydrogen-bond donors (Lipinski definition) is 5. The number of para-hydroxylation sites is 2. The van der Waals surface area contributed by atoms with Crippen LogP contribution in [0.25, 0.3) is 11.0 Å². The highest BCUT2D eigenvalue weighted by Gasteiger charge is 2.20. The molecule has 0 saturated heterocycles. The quantitative estimate of drug-likeness (QED) is 0.137. The normalized spacial score (nSPS) is 10.9. The van der Waals surface area contributed by atoms with E-state index < -0.39 is 10.0 Å². The summed E-state index contributed by atoms with van der Waals surface area (Å²) in [6.07, 6.45) is 0. The molecule has 4 aromatic carbocycles. The van der Waals surface area contributed by atoms with Gasteiger partial charge in [-0.25, -0.2) is 18.4 Å². The molecule has 1 heterocycles. The predicted molar refractivity (Wildman–Crippen MR) is 168 cm³/mol. The monoisotopic (exact) mass is 600 g/mol. The number of sulfonamides is 1. The third-order valence-electron chi connectivity index (χ3n) is 6.08. The Morgan fingerprint density at radius 1 is 0.837 bits per heavy atom. The predicted octanol–water partition coefficient (Wildman–Crippen LogP) is 5.25. The van der Waals surface area contributed by atoms with Crippen LogP contribution in [0.5, 0.6) is 11.5 Å². The van der Waals surface area contributed by atoms with Gasteiger partial charge in [-0.2, -0.15) is 0 Å². The number of ether oxygens (including phenoxy) is 1. The molecular weight excluding hydrogens is 568 g/mol. The number of carbonyl (C=O) groups excluding carboxylic acids is 1. The molecule has 0 aliphatic rings. The average Bonchev–Trinajstić information content (AvgIpc) is 2.97. The molecule has 0 aliphatic heterocycles. The van der Waals surface area contributed by atoms with Gasteiger partial charge in [0.2, 0.25) is 5.91 Å². The molecule has 0 spiro atoms. The first-order valence-electron chi connectivity index (χ1n) is 12.9. The van der Waals surface area contributed by atoms with Crippen LogP contribution in [0.4, 0.5) is 23.0 Å². The van der Waals surface area contributed by atoms with Crippen molar-refractivity contribution in [3.05, 3.63) is 103 Å². The summed E-state index contributed by atoms with van der Waals surface area (Å²) in [6, 6.07) is 27.1. The maximum Gasteiger partial charge on any atom is 0.263 e. The Balaban J connectivity index is 0.00000423. The van der Waals surface area contributed by atoms with Gasteiger partial charge in [0.05, 0.1) is 29.6 Å². The zero-order valence-corrected chi connectivity index (χ0v) is 23.4. The summed E-state index contributed by atoms with van der Waals surface area (Å²) < 4.78 is 34.7. The van der Waals surface area contributed by atoms with Crippen molar-refractivity contribution in [3.8, 4) is 11.5 Å². The first-order chi connectivity index (χ1) is 20.3. The average molecular weight is 601 g/mol. The van der Waals surface area contributed by atoms with Gasteiger partial charge >= 0.3 is 0 Å². The van der Waals surface area contributed by atoms with Crippen molar-refractivity contribution in [1.29, 1.82) is 0 Å². The van der Waals surface area contributed by atoms with E-state index in [-0.39, 0.29) is 42.2 Å². The molecule has 5 rings (SSSR count). The fourth-order valence-electron chi connectivity index (χ4n) is 4.12. The van der Waals surface area contributed by atoms with Crippen molar-refractivity contribution in [2.24, 2.45) is 0 Å². The summed E-state index contributed by atoms with van der Waals surface area (Å²) in [4.78, 5) is 21.4. The lowest BCUT2D eigenvalue weighted by molar-refractivity contribution is -0.115. The third kappa shape index (κ3) is 7.97. The number of aromatic nitrogens is 2. The number of anilines is 4. The third-order valence-corrected chi connectivity index (χ3v) is 7.41. The van der Waals surface area contributed by atoms with Gasteiger partial charge in [0.25, 0.3) is 10.0 Å². The molecular formula is C31H32N6O5S. The standard InChI is InChI=1S/C30H28N6O5S.CH4/c1-41-24-15-22(14-23(37)17-24)33-29-30(35-27-13-6-5-12-26(27)34-29)36-42(39,40)25-11-7-10-21(16-25)32-28(38)19-31-18-20-8-3-2-4-9-20;/h2-17,31,37H,18-19H2,1H3,(H,32,38)(H,33,34)(H,35,36);1H4. The van der Waals surface area contributed by atoms with Gasteiger partial charge in [0.1, 0.15) is 11.5 Å². The maximum atomic E-state index is 13.5. The van der Waals surface area contributed by atoms with Crippen molar-refractivity contribution in [1.82, 2.24) is 15.3 Å². The molecule has 0 radical (unpaired) electrons. The van der Waals surface area contributed by atoms with Crippen LogP contribution in [0.2, 0.25) is 0 Å². The number of fused-ring (bicyclic) bond motifs is 1. The van der Waals surface area contributed by atoms with E-state index in [0.717, 1.165) is 5.56 Å². The zero-order valence-electron chi connectivity index (χ0n) is 22.5. The summed E-state index contributed by atoms with van der Waals surface area (Å²) >= 11 is 0. The molecule has 0 bridgehead atoms. The number of carbonyl (C=O) groups is 1. The molecule has 222 valence electrons. The summed E-state index contributed by atoms with van der Waals surface area (Å²) in [5, 5.41) is 18.9. The summed E-state index contributed by atoms with van der Waals surface area (Å²) in [5.74, 6) is 0.0701. The molecule has 0 atom stereocenters. The Morgan fingerprint density at radius 2 is 1.53 bits per heavy atom. The highest BCUT2D eigenvalue weighted by Crippen LogP contribution is 2.31. The number of amides is 1. The second-order valence-electron chi connectivity index (χ2n) is 9.22. The number of hydrogen-bond acceptors (Lipinski definition) is 9. The first kappa shape index (κ1) is 30.8. The van der Waals surface area contributed by atoms with E-state index in [4.69, 9.17) is 4.74 Å².